The minimum absolute atomic E-state index is 0.130. The van der Waals surface area contributed by atoms with Gasteiger partial charge in [-0.1, -0.05) is 0 Å². The molecule has 0 radical (unpaired) electrons. The Bertz CT molecular complexity index is 166. The summed E-state index contributed by atoms with van der Waals surface area (Å²) in [4.78, 5) is 11.2. The Morgan fingerprint density at radius 1 is 1.36 bits per heavy atom. The zero-order valence-corrected chi connectivity index (χ0v) is 10.4. The van der Waals surface area contributed by atoms with Crippen LogP contribution in [-0.4, -0.2) is 36.7 Å². The first-order valence-corrected chi connectivity index (χ1v) is 6.26. The van der Waals surface area contributed by atoms with E-state index in [1.54, 1.807) is 11.8 Å². The molecular weight excluding hydrogens is 198 g/mol. The lowest BCUT2D eigenvalue weighted by Crippen LogP contribution is -2.27. The van der Waals surface area contributed by atoms with Gasteiger partial charge in [-0.3, -0.25) is 4.79 Å². The number of carbonyl (C=O) groups is 1. The van der Waals surface area contributed by atoms with Crippen LogP contribution >= 0.6 is 11.8 Å². The van der Waals surface area contributed by atoms with Crippen LogP contribution in [0.3, 0.4) is 0 Å². The van der Waals surface area contributed by atoms with E-state index in [0.717, 1.165) is 12.3 Å². The lowest BCUT2D eigenvalue weighted by atomic mass is 10.2. The van der Waals surface area contributed by atoms with Crippen LogP contribution in [0.4, 0.5) is 0 Å². The molecule has 0 amide bonds. The smallest absolute Gasteiger partial charge is 0.307 e. The molecule has 0 spiro atoms. The van der Waals surface area contributed by atoms with Crippen molar-refractivity contribution in [2.24, 2.45) is 0 Å². The average Bonchev–Trinajstić information content (AvgIpc) is 2.00. The summed E-state index contributed by atoms with van der Waals surface area (Å²) in [6.07, 6.45) is 2.52. The van der Waals surface area contributed by atoms with Gasteiger partial charge in [0.15, 0.2) is 0 Å². The number of esters is 1. The van der Waals surface area contributed by atoms with E-state index in [2.05, 4.69) is 11.6 Å². The fourth-order valence-electron chi connectivity index (χ4n) is 0.882. The van der Waals surface area contributed by atoms with Gasteiger partial charge in [0.25, 0.3) is 0 Å². The molecule has 84 valence electrons. The molecule has 4 heteroatoms. The quantitative estimate of drug-likeness (QED) is 0.545. The van der Waals surface area contributed by atoms with Gasteiger partial charge in [-0.2, -0.15) is 11.8 Å². The number of rotatable bonds is 6. The molecule has 0 aliphatic heterocycles. The monoisotopic (exact) mass is 219 g/mol. The molecule has 0 bridgehead atoms. The topological polar surface area (TPSA) is 38.3 Å². The summed E-state index contributed by atoms with van der Waals surface area (Å²) in [5.41, 5.74) is -0.365. The Morgan fingerprint density at radius 3 is 2.50 bits per heavy atom. The molecule has 0 aliphatic rings. The van der Waals surface area contributed by atoms with Crippen LogP contribution in [0.2, 0.25) is 0 Å². The number of thioether (sulfide) groups is 1. The van der Waals surface area contributed by atoms with Crippen LogP contribution in [0, 0.1) is 0 Å². The summed E-state index contributed by atoms with van der Waals surface area (Å²) in [6.45, 7) is 7.30. The Kier molecular flexibility index (Phi) is 7.01. The molecule has 0 atom stereocenters. The Labute approximate surface area is 91.0 Å². The molecule has 0 heterocycles. The van der Waals surface area contributed by atoms with E-state index in [4.69, 9.17) is 4.74 Å². The Balaban J connectivity index is 3.36. The molecule has 0 rings (SSSR count). The van der Waals surface area contributed by atoms with Crippen molar-refractivity contribution in [3.8, 4) is 0 Å². The predicted molar refractivity (Wildman–Crippen MR) is 61.7 cm³/mol. The van der Waals surface area contributed by atoms with Crippen molar-refractivity contribution >= 4 is 17.7 Å². The minimum Gasteiger partial charge on any atom is -0.460 e. The van der Waals surface area contributed by atoms with Crippen LogP contribution in [0.1, 0.15) is 27.2 Å². The van der Waals surface area contributed by atoms with Crippen LogP contribution in [0.15, 0.2) is 0 Å². The summed E-state index contributed by atoms with van der Waals surface area (Å²) in [6, 6.07) is 0. The molecule has 0 unspecified atom stereocenters. The molecule has 14 heavy (non-hydrogen) atoms. The molecule has 0 saturated heterocycles. The summed E-state index contributed by atoms with van der Waals surface area (Å²) in [5.74, 6) is 0.947. The fourth-order valence-corrected chi connectivity index (χ4v) is 1.23. The van der Waals surface area contributed by atoms with Crippen molar-refractivity contribution in [3.05, 3.63) is 0 Å². The largest absolute Gasteiger partial charge is 0.460 e. The van der Waals surface area contributed by atoms with Gasteiger partial charge in [-0.15, -0.1) is 0 Å². The molecule has 1 N–H and O–H groups in total. The van der Waals surface area contributed by atoms with Crippen LogP contribution in [0.5, 0.6) is 0 Å². The highest BCUT2D eigenvalue weighted by molar-refractivity contribution is 7.98. The molecular formula is C10H21NO2S. The number of ether oxygens (including phenoxy) is 1. The van der Waals surface area contributed by atoms with Crippen molar-refractivity contribution in [2.45, 2.75) is 32.8 Å². The predicted octanol–water partition coefficient (Wildman–Crippen LogP) is 1.67. The number of carbonyl (C=O) groups excluding carboxylic acids is 1. The van der Waals surface area contributed by atoms with Crippen molar-refractivity contribution < 1.29 is 9.53 Å². The molecule has 0 aromatic carbocycles. The summed E-state index contributed by atoms with van der Waals surface area (Å²) >= 11 is 1.79. The standard InChI is InChI=1S/C10H21NO2S/c1-10(2,3)13-9(12)5-6-11-7-8-14-4/h11H,5-8H2,1-4H3. The first-order valence-electron chi connectivity index (χ1n) is 4.87. The molecule has 0 aliphatic carbocycles. The zero-order valence-electron chi connectivity index (χ0n) is 9.55. The number of hydrogen-bond donors (Lipinski definition) is 1. The summed E-state index contributed by atoms with van der Waals surface area (Å²) in [7, 11) is 0. The second kappa shape index (κ2) is 7.12. The lowest BCUT2D eigenvalue weighted by Gasteiger charge is -2.19. The second-order valence-corrected chi connectivity index (χ2v) is 5.06. The van der Waals surface area contributed by atoms with E-state index in [1.807, 2.05) is 20.8 Å². The van der Waals surface area contributed by atoms with E-state index >= 15 is 0 Å². The van der Waals surface area contributed by atoms with E-state index in [-0.39, 0.29) is 11.6 Å². The number of nitrogens with one attached hydrogen (secondary N) is 1. The zero-order chi connectivity index (χ0) is 11.0. The Morgan fingerprint density at radius 2 is 2.00 bits per heavy atom. The van der Waals surface area contributed by atoms with E-state index in [9.17, 15) is 4.79 Å². The maximum Gasteiger partial charge on any atom is 0.307 e. The average molecular weight is 219 g/mol. The van der Waals surface area contributed by atoms with Crippen molar-refractivity contribution in [1.82, 2.24) is 5.32 Å². The highest BCUT2D eigenvalue weighted by Gasteiger charge is 2.15. The first kappa shape index (κ1) is 13.8. The first-order chi connectivity index (χ1) is 6.45. The highest BCUT2D eigenvalue weighted by atomic mass is 32.2. The molecule has 0 fully saturated rings. The summed E-state index contributed by atoms with van der Waals surface area (Å²) in [5, 5.41) is 3.18. The van der Waals surface area contributed by atoms with Gasteiger partial charge >= 0.3 is 5.97 Å². The maximum absolute atomic E-state index is 11.2. The second-order valence-electron chi connectivity index (χ2n) is 4.08. The molecule has 3 nitrogen and oxygen atoms in total. The van der Waals surface area contributed by atoms with Crippen LogP contribution in [0.25, 0.3) is 0 Å². The van der Waals surface area contributed by atoms with Gasteiger partial charge in [0.1, 0.15) is 5.60 Å². The highest BCUT2D eigenvalue weighted by Crippen LogP contribution is 2.07. The Hall–Kier alpha value is -0.220. The van der Waals surface area contributed by atoms with Gasteiger partial charge in [-0.25, -0.2) is 0 Å². The molecule has 0 aromatic rings. The van der Waals surface area contributed by atoms with Crippen molar-refractivity contribution in [1.29, 1.82) is 0 Å². The molecule has 0 saturated carbocycles. The van der Waals surface area contributed by atoms with Gasteiger partial charge < -0.3 is 10.1 Å². The van der Waals surface area contributed by atoms with Crippen LogP contribution in [-0.2, 0) is 9.53 Å². The third-order valence-electron chi connectivity index (χ3n) is 1.41. The van der Waals surface area contributed by atoms with Gasteiger partial charge in [0, 0.05) is 18.8 Å². The normalized spacial score (nSPS) is 11.4. The van der Waals surface area contributed by atoms with E-state index in [1.165, 1.54) is 0 Å². The van der Waals surface area contributed by atoms with Gasteiger partial charge in [0.2, 0.25) is 0 Å². The van der Waals surface area contributed by atoms with Gasteiger partial charge in [0.05, 0.1) is 6.42 Å². The molecule has 0 aromatic heterocycles. The minimum atomic E-state index is -0.365. The van der Waals surface area contributed by atoms with Crippen molar-refractivity contribution in [3.63, 3.8) is 0 Å². The van der Waals surface area contributed by atoms with Crippen LogP contribution < -0.4 is 5.32 Å². The maximum atomic E-state index is 11.2. The van der Waals surface area contributed by atoms with Gasteiger partial charge in [-0.05, 0) is 27.0 Å². The lowest BCUT2D eigenvalue weighted by molar-refractivity contribution is -0.154. The van der Waals surface area contributed by atoms with E-state index < -0.39 is 0 Å². The SMILES string of the molecule is CSCCNCCC(=O)OC(C)(C)C. The number of hydrogen-bond acceptors (Lipinski definition) is 4. The third kappa shape index (κ3) is 9.86. The fraction of sp³-hybridized carbons (Fsp3) is 0.900. The third-order valence-corrected chi connectivity index (χ3v) is 2.02. The van der Waals surface area contributed by atoms with E-state index in [0.29, 0.717) is 13.0 Å². The summed E-state index contributed by atoms with van der Waals surface area (Å²) < 4.78 is 5.16. The van der Waals surface area contributed by atoms with Crippen molar-refractivity contribution in [2.75, 3.05) is 25.1 Å².